The lowest BCUT2D eigenvalue weighted by molar-refractivity contribution is -0.132. The van der Waals surface area contributed by atoms with Gasteiger partial charge >= 0.3 is 6.03 Å². The van der Waals surface area contributed by atoms with E-state index in [1.807, 2.05) is 6.92 Å². The maximum Gasteiger partial charge on any atom is 0.325 e. The van der Waals surface area contributed by atoms with Crippen LogP contribution in [0.1, 0.15) is 50.1 Å². The molecule has 3 rings (SSSR count). The normalized spacial score (nSPS) is 25.2. The summed E-state index contributed by atoms with van der Waals surface area (Å²) in [6.45, 7) is 6.42. The summed E-state index contributed by atoms with van der Waals surface area (Å²) < 4.78 is 3.88. The molecule has 22 heavy (non-hydrogen) atoms. The van der Waals surface area contributed by atoms with E-state index < -0.39 is 5.54 Å². The minimum atomic E-state index is -0.673. The summed E-state index contributed by atoms with van der Waals surface area (Å²) >= 11 is 1.25. The van der Waals surface area contributed by atoms with Gasteiger partial charge in [-0.25, -0.2) is 4.79 Å². The third-order valence-corrected chi connectivity index (χ3v) is 5.45. The van der Waals surface area contributed by atoms with Crippen molar-refractivity contribution in [2.75, 3.05) is 0 Å². The fourth-order valence-electron chi connectivity index (χ4n) is 3.07. The van der Waals surface area contributed by atoms with Gasteiger partial charge in [-0.05, 0) is 56.0 Å². The number of amides is 3. The Morgan fingerprint density at radius 2 is 2.14 bits per heavy atom. The number of hydrogen-bond donors (Lipinski definition) is 1. The van der Waals surface area contributed by atoms with Gasteiger partial charge in [0.1, 0.15) is 5.54 Å². The van der Waals surface area contributed by atoms with Crippen LogP contribution in [0, 0.1) is 18.8 Å². The van der Waals surface area contributed by atoms with E-state index in [1.54, 1.807) is 0 Å². The molecule has 6 nitrogen and oxygen atoms in total. The summed E-state index contributed by atoms with van der Waals surface area (Å²) in [5.74, 6) is 0.754. The minimum absolute atomic E-state index is 0.0616. The Kier molecular flexibility index (Phi) is 3.92. The Balaban J connectivity index is 1.81. The molecule has 0 spiro atoms. The lowest BCUT2D eigenvalue weighted by Crippen LogP contribution is -2.49. The topological polar surface area (TPSA) is 75.2 Å². The second-order valence-electron chi connectivity index (χ2n) is 6.78. The van der Waals surface area contributed by atoms with Gasteiger partial charge in [-0.15, -0.1) is 5.10 Å². The van der Waals surface area contributed by atoms with Crippen LogP contribution in [-0.4, -0.2) is 32.0 Å². The summed E-state index contributed by atoms with van der Waals surface area (Å²) in [7, 11) is 0. The Bertz CT molecular complexity index is 596. The fraction of sp³-hybridized carbons (Fsp3) is 0.733. The molecule has 1 aliphatic heterocycles. The molecule has 1 atom stereocenters. The monoisotopic (exact) mass is 322 g/mol. The lowest BCUT2D eigenvalue weighted by Gasteiger charge is -2.27. The first kappa shape index (κ1) is 15.4. The zero-order valence-corrected chi connectivity index (χ0v) is 14.1. The number of imide groups is 1. The van der Waals surface area contributed by atoms with Gasteiger partial charge in [-0.1, -0.05) is 18.3 Å². The highest BCUT2D eigenvalue weighted by molar-refractivity contribution is 7.05. The molecule has 1 aliphatic carbocycles. The molecule has 1 aromatic heterocycles. The van der Waals surface area contributed by atoms with Crippen LogP contribution in [0.25, 0.3) is 0 Å². The van der Waals surface area contributed by atoms with Gasteiger partial charge in [0, 0.05) is 0 Å². The molecular formula is C15H22N4O2S. The van der Waals surface area contributed by atoms with Gasteiger partial charge in [0.25, 0.3) is 5.91 Å². The van der Waals surface area contributed by atoms with Crippen molar-refractivity contribution in [2.45, 2.75) is 58.5 Å². The highest BCUT2D eigenvalue weighted by Crippen LogP contribution is 2.46. The van der Waals surface area contributed by atoms with Crippen molar-refractivity contribution in [3.63, 3.8) is 0 Å². The molecule has 0 aromatic carbocycles. The van der Waals surface area contributed by atoms with E-state index in [2.05, 4.69) is 28.8 Å². The maximum atomic E-state index is 13.0. The fourth-order valence-corrected chi connectivity index (χ4v) is 3.69. The van der Waals surface area contributed by atoms with Crippen LogP contribution >= 0.6 is 11.5 Å². The predicted molar refractivity (Wildman–Crippen MR) is 83.3 cm³/mol. The molecule has 7 heteroatoms. The molecule has 1 N–H and O–H groups in total. The molecule has 1 unspecified atom stereocenters. The molecule has 1 saturated heterocycles. The number of aryl methyl sites for hydroxylation is 1. The van der Waals surface area contributed by atoms with Crippen molar-refractivity contribution in [1.82, 2.24) is 19.8 Å². The number of rotatable bonds is 6. The zero-order chi connectivity index (χ0) is 15.9. The van der Waals surface area contributed by atoms with Crippen molar-refractivity contribution in [3.05, 3.63) is 10.6 Å². The zero-order valence-electron chi connectivity index (χ0n) is 13.3. The largest absolute Gasteiger partial charge is 0.325 e. The average molecular weight is 322 g/mol. The highest BCUT2D eigenvalue weighted by atomic mass is 32.1. The van der Waals surface area contributed by atoms with Crippen LogP contribution in [-0.2, 0) is 11.3 Å². The number of carbonyl (C=O) groups excluding carboxylic acids is 2. The quantitative estimate of drug-likeness (QED) is 0.817. The maximum absolute atomic E-state index is 13.0. The summed E-state index contributed by atoms with van der Waals surface area (Å²) in [6, 6.07) is -0.270. The number of nitrogens with one attached hydrogen (secondary N) is 1. The lowest BCUT2D eigenvalue weighted by atomic mass is 9.85. The molecule has 2 heterocycles. The first-order valence-corrected chi connectivity index (χ1v) is 8.63. The summed E-state index contributed by atoms with van der Waals surface area (Å²) in [5.41, 5.74) is 0.115. The highest BCUT2D eigenvalue weighted by Gasteiger charge is 2.58. The smallest absolute Gasteiger partial charge is 0.323 e. The van der Waals surface area contributed by atoms with E-state index in [1.165, 1.54) is 16.4 Å². The van der Waals surface area contributed by atoms with Crippen LogP contribution in [0.15, 0.2) is 0 Å². The molecule has 2 fully saturated rings. The van der Waals surface area contributed by atoms with Crippen molar-refractivity contribution in [1.29, 1.82) is 0 Å². The number of carbonyl (C=O) groups is 2. The molecule has 120 valence electrons. The predicted octanol–water partition coefficient (Wildman–Crippen LogP) is 2.48. The van der Waals surface area contributed by atoms with Crippen LogP contribution in [0.3, 0.4) is 0 Å². The molecule has 0 radical (unpaired) electrons. The summed E-state index contributed by atoms with van der Waals surface area (Å²) in [6.07, 6.45) is 3.73. The van der Waals surface area contributed by atoms with E-state index >= 15 is 0 Å². The molecule has 0 bridgehead atoms. The van der Waals surface area contributed by atoms with Crippen molar-refractivity contribution < 1.29 is 9.59 Å². The number of aromatic nitrogens is 2. The molecule has 1 aromatic rings. The Hall–Kier alpha value is -1.50. The van der Waals surface area contributed by atoms with Crippen LogP contribution < -0.4 is 5.32 Å². The number of hydrogen-bond acceptors (Lipinski definition) is 5. The molecule has 1 saturated carbocycles. The number of nitrogens with zero attached hydrogens (tertiary/aromatic N) is 3. The first-order valence-electron chi connectivity index (χ1n) is 7.86. The van der Waals surface area contributed by atoms with Gasteiger partial charge in [0.05, 0.1) is 17.1 Å². The van der Waals surface area contributed by atoms with E-state index in [0.717, 1.165) is 36.3 Å². The van der Waals surface area contributed by atoms with Gasteiger partial charge < -0.3 is 5.32 Å². The third-order valence-electron chi connectivity index (χ3n) is 4.64. The van der Waals surface area contributed by atoms with Crippen LogP contribution in [0.5, 0.6) is 0 Å². The summed E-state index contributed by atoms with van der Waals surface area (Å²) in [5, 5.41) is 6.97. The Morgan fingerprint density at radius 3 is 2.68 bits per heavy atom. The Morgan fingerprint density at radius 1 is 1.41 bits per heavy atom. The van der Waals surface area contributed by atoms with Gasteiger partial charge in [0.2, 0.25) is 0 Å². The third kappa shape index (κ3) is 2.62. The van der Waals surface area contributed by atoms with Crippen LogP contribution in [0.2, 0.25) is 0 Å². The molecule has 3 amide bonds. The van der Waals surface area contributed by atoms with E-state index in [-0.39, 0.29) is 18.5 Å². The first-order chi connectivity index (χ1) is 10.4. The molecule has 2 aliphatic rings. The SMILES string of the molecule is Cc1nnsc1CN1C(=O)NC(CCC(C)C)(C2CC2)C1=O. The van der Waals surface area contributed by atoms with E-state index in [9.17, 15) is 9.59 Å². The van der Waals surface area contributed by atoms with E-state index in [0.29, 0.717) is 11.8 Å². The number of urea groups is 1. The summed E-state index contributed by atoms with van der Waals surface area (Å²) in [4.78, 5) is 27.6. The standard InChI is InChI=1S/C15H22N4O2S/c1-9(2)6-7-15(11-4-5-11)13(20)19(14(21)16-15)8-12-10(3)17-18-22-12/h9,11H,4-8H2,1-3H3,(H,16,21). The minimum Gasteiger partial charge on any atom is -0.323 e. The van der Waals surface area contributed by atoms with Crippen molar-refractivity contribution in [2.24, 2.45) is 11.8 Å². The van der Waals surface area contributed by atoms with Crippen LogP contribution in [0.4, 0.5) is 4.79 Å². The van der Waals surface area contributed by atoms with Gasteiger partial charge in [0.15, 0.2) is 0 Å². The van der Waals surface area contributed by atoms with Gasteiger partial charge in [-0.2, -0.15) is 0 Å². The van der Waals surface area contributed by atoms with Crippen molar-refractivity contribution >= 4 is 23.5 Å². The Labute approximate surface area is 134 Å². The van der Waals surface area contributed by atoms with E-state index in [4.69, 9.17) is 0 Å². The second kappa shape index (κ2) is 5.61. The average Bonchev–Trinajstić information content (AvgIpc) is 3.19. The van der Waals surface area contributed by atoms with Crippen molar-refractivity contribution in [3.8, 4) is 0 Å². The second-order valence-corrected chi connectivity index (χ2v) is 7.62. The van der Waals surface area contributed by atoms with Gasteiger partial charge in [-0.3, -0.25) is 9.69 Å². The molecular weight excluding hydrogens is 300 g/mol.